The third kappa shape index (κ3) is 1.60. The number of nitrogens with zero attached hydrogens (tertiary/aromatic N) is 1. The van der Waals surface area contributed by atoms with Crippen molar-refractivity contribution < 1.29 is 0 Å². The Balaban J connectivity index is 2.07. The van der Waals surface area contributed by atoms with Crippen LogP contribution < -0.4 is 0 Å². The average Bonchev–Trinajstić information content (AvgIpc) is 2.61. The van der Waals surface area contributed by atoms with Crippen molar-refractivity contribution in [1.29, 1.82) is 0 Å². The number of hydrogen-bond acceptors (Lipinski definition) is 1. The minimum Gasteiger partial charge on any atom is -0.301 e. The highest BCUT2D eigenvalue weighted by molar-refractivity contribution is 5.02. The summed E-state index contributed by atoms with van der Waals surface area (Å²) in [5, 5.41) is 0. The molecule has 1 aliphatic carbocycles. The first-order valence-corrected chi connectivity index (χ1v) is 6.15. The molecule has 14 heavy (non-hydrogen) atoms. The lowest BCUT2D eigenvalue weighted by Crippen LogP contribution is -2.39. The van der Waals surface area contributed by atoms with Crippen molar-refractivity contribution in [2.75, 3.05) is 13.6 Å². The molecular weight excluding hydrogens is 170 g/mol. The molecule has 0 amide bonds. The minimum absolute atomic E-state index is 0.521. The van der Waals surface area contributed by atoms with Gasteiger partial charge in [-0.05, 0) is 57.0 Å². The van der Waals surface area contributed by atoms with Gasteiger partial charge >= 0.3 is 0 Å². The first-order valence-electron chi connectivity index (χ1n) is 6.15. The third-order valence-corrected chi connectivity index (χ3v) is 4.75. The first-order chi connectivity index (χ1) is 6.44. The SMILES string of the molecule is CN1CCCC12CCC(C(C)(C)C)C2. The van der Waals surface area contributed by atoms with Gasteiger partial charge in [0.15, 0.2) is 0 Å². The van der Waals surface area contributed by atoms with Crippen molar-refractivity contribution in [2.45, 2.75) is 58.4 Å². The van der Waals surface area contributed by atoms with Crippen molar-refractivity contribution in [3.63, 3.8) is 0 Å². The largest absolute Gasteiger partial charge is 0.301 e. The van der Waals surface area contributed by atoms with Gasteiger partial charge in [0.25, 0.3) is 0 Å². The van der Waals surface area contributed by atoms with E-state index in [-0.39, 0.29) is 0 Å². The second-order valence-corrected chi connectivity index (χ2v) is 6.56. The summed E-state index contributed by atoms with van der Waals surface area (Å²) in [6.45, 7) is 8.56. The summed E-state index contributed by atoms with van der Waals surface area (Å²) in [5.74, 6) is 0.947. The summed E-state index contributed by atoms with van der Waals surface area (Å²) < 4.78 is 0. The van der Waals surface area contributed by atoms with E-state index in [2.05, 4.69) is 32.7 Å². The standard InChI is InChI=1S/C13H25N/c1-12(2,3)11-6-8-13(10-11)7-5-9-14(13)4/h11H,5-10H2,1-4H3. The highest BCUT2D eigenvalue weighted by Gasteiger charge is 2.47. The lowest BCUT2D eigenvalue weighted by atomic mass is 9.78. The zero-order chi connectivity index (χ0) is 10.4. The molecule has 0 aromatic rings. The van der Waals surface area contributed by atoms with Gasteiger partial charge in [0, 0.05) is 5.54 Å². The minimum atomic E-state index is 0.521. The molecule has 0 aromatic carbocycles. The first kappa shape index (κ1) is 10.5. The van der Waals surface area contributed by atoms with Gasteiger partial charge in [0.1, 0.15) is 0 Å². The quantitative estimate of drug-likeness (QED) is 0.573. The Hall–Kier alpha value is -0.0400. The molecule has 0 bridgehead atoms. The van der Waals surface area contributed by atoms with Crippen LogP contribution in [0.5, 0.6) is 0 Å². The second-order valence-electron chi connectivity index (χ2n) is 6.56. The van der Waals surface area contributed by atoms with E-state index in [1.54, 1.807) is 0 Å². The Bertz CT molecular complexity index is 216. The summed E-state index contributed by atoms with van der Waals surface area (Å²) >= 11 is 0. The number of hydrogen-bond donors (Lipinski definition) is 0. The molecule has 1 heterocycles. The van der Waals surface area contributed by atoms with Gasteiger partial charge in [-0.25, -0.2) is 0 Å². The zero-order valence-corrected chi connectivity index (χ0v) is 10.3. The van der Waals surface area contributed by atoms with Crippen LogP contribution in [0.1, 0.15) is 52.9 Å². The Morgan fingerprint density at radius 2 is 1.93 bits per heavy atom. The smallest absolute Gasteiger partial charge is 0.0210 e. The topological polar surface area (TPSA) is 3.24 Å². The fraction of sp³-hybridized carbons (Fsp3) is 1.00. The maximum absolute atomic E-state index is 2.64. The lowest BCUT2D eigenvalue weighted by molar-refractivity contribution is 0.153. The van der Waals surface area contributed by atoms with E-state index < -0.39 is 0 Å². The van der Waals surface area contributed by atoms with Crippen LogP contribution in [0.3, 0.4) is 0 Å². The molecule has 0 aromatic heterocycles. The van der Waals surface area contributed by atoms with Gasteiger partial charge in [-0.1, -0.05) is 20.8 Å². The van der Waals surface area contributed by atoms with Gasteiger partial charge in [-0.2, -0.15) is 0 Å². The molecule has 2 rings (SSSR count). The van der Waals surface area contributed by atoms with Gasteiger partial charge in [0.2, 0.25) is 0 Å². The van der Waals surface area contributed by atoms with E-state index in [1.807, 2.05) is 0 Å². The summed E-state index contributed by atoms with van der Waals surface area (Å²) in [7, 11) is 2.33. The molecule has 2 aliphatic rings. The third-order valence-electron chi connectivity index (χ3n) is 4.75. The van der Waals surface area contributed by atoms with Crippen LogP contribution in [0.2, 0.25) is 0 Å². The van der Waals surface area contributed by atoms with E-state index in [0.29, 0.717) is 11.0 Å². The molecule has 1 saturated carbocycles. The fourth-order valence-corrected chi connectivity index (χ4v) is 3.49. The predicted octanol–water partition coefficient (Wildman–Crippen LogP) is 3.30. The van der Waals surface area contributed by atoms with E-state index >= 15 is 0 Å². The van der Waals surface area contributed by atoms with Gasteiger partial charge in [-0.15, -0.1) is 0 Å². The maximum atomic E-state index is 2.64. The molecule has 1 saturated heterocycles. The molecule has 2 unspecified atom stereocenters. The van der Waals surface area contributed by atoms with Crippen molar-refractivity contribution in [3.8, 4) is 0 Å². The number of rotatable bonds is 0. The van der Waals surface area contributed by atoms with E-state index in [9.17, 15) is 0 Å². The Labute approximate surface area is 88.9 Å². The molecule has 82 valence electrons. The summed E-state index contributed by atoms with van der Waals surface area (Å²) in [6.07, 6.45) is 7.23. The molecule has 0 N–H and O–H groups in total. The predicted molar refractivity (Wildman–Crippen MR) is 61.4 cm³/mol. The van der Waals surface area contributed by atoms with Crippen LogP contribution in [0.4, 0.5) is 0 Å². The van der Waals surface area contributed by atoms with Gasteiger partial charge in [0.05, 0.1) is 0 Å². The van der Waals surface area contributed by atoms with Crippen LogP contribution in [-0.2, 0) is 0 Å². The van der Waals surface area contributed by atoms with E-state index in [1.165, 1.54) is 38.6 Å². The molecule has 2 fully saturated rings. The normalized spacial score (nSPS) is 39.9. The molecule has 1 spiro atoms. The van der Waals surface area contributed by atoms with Crippen molar-refractivity contribution in [3.05, 3.63) is 0 Å². The average molecular weight is 195 g/mol. The Morgan fingerprint density at radius 3 is 2.36 bits per heavy atom. The van der Waals surface area contributed by atoms with Crippen LogP contribution in [-0.4, -0.2) is 24.0 Å². The van der Waals surface area contributed by atoms with Crippen LogP contribution in [0.25, 0.3) is 0 Å². The van der Waals surface area contributed by atoms with E-state index in [0.717, 1.165) is 5.92 Å². The van der Waals surface area contributed by atoms with Gasteiger partial charge in [-0.3, -0.25) is 0 Å². The monoisotopic (exact) mass is 195 g/mol. The lowest BCUT2D eigenvalue weighted by Gasteiger charge is -2.34. The molecule has 1 aliphatic heterocycles. The number of likely N-dealkylation sites (tertiary alicyclic amines) is 1. The Morgan fingerprint density at radius 1 is 1.21 bits per heavy atom. The van der Waals surface area contributed by atoms with Gasteiger partial charge < -0.3 is 4.90 Å². The summed E-state index contributed by atoms with van der Waals surface area (Å²) in [4.78, 5) is 2.64. The van der Waals surface area contributed by atoms with Crippen molar-refractivity contribution in [1.82, 2.24) is 4.90 Å². The highest BCUT2D eigenvalue weighted by atomic mass is 15.2. The fourth-order valence-electron chi connectivity index (χ4n) is 3.49. The summed E-state index contributed by atoms with van der Waals surface area (Å²) in [6, 6.07) is 0. The highest BCUT2D eigenvalue weighted by Crippen LogP contribution is 2.50. The Kier molecular flexibility index (Phi) is 2.42. The second kappa shape index (κ2) is 3.23. The molecule has 2 atom stereocenters. The molecule has 1 heteroatoms. The van der Waals surface area contributed by atoms with Crippen LogP contribution in [0, 0.1) is 11.3 Å². The zero-order valence-electron chi connectivity index (χ0n) is 10.3. The van der Waals surface area contributed by atoms with Crippen LogP contribution in [0.15, 0.2) is 0 Å². The molecule has 1 nitrogen and oxygen atoms in total. The molecular formula is C13H25N. The maximum Gasteiger partial charge on any atom is 0.0210 e. The van der Waals surface area contributed by atoms with Crippen molar-refractivity contribution >= 4 is 0 Å². The van der Waals surface area contributed by atoms with Crippen molar-refractivity contribution in [2.24, 2.45) is 11.3 Å². The van der Waals surface area contributed by atoms with E-state index in [4.69, 9.17) is 0 Å². The summed E-state index contributed by atoms with van der Waals surface area (Å²) in [5.41, 5.74) is 1.13. The van der Waals surface area contributed by atoms with Crippen LogP contribution >= 0.6 is 0 Å². The molecule has 0 radical (unpaired) electrons.